The van der Waals surface area contributed by atoms with Crippen LogP contribution >= 0.6 is 22.9 Å². The van der Waals surface area contributed by atoms with Crippen molar-refractivity contribution in [3.05, 3.63) is 75.1 Å². The van der Waals surface area contributed by atoms with Gasteiger partial charge in [0.2, 0.25) is 0 Å². The number of halogens is 4. The van der Waals surface area contributed by atoms with Crippen LogP contribution in [0.5, 0.6) is 0 Å². The van der Waals surface area contributed by atoms with E-state index in [0.717, 1.165) is 28.2 Å². The Balaban J connectivity index is 1.96. The fraction of sp³-hybridized carbons (Fsp3) is 0.130. The first-order chi connectivity index (χ1) is 16.4. The van der Waals surface area contributed by atoms with Crippen molar-refractivity contribution in [3.63, 3.8) is 0 Å². The van der Waals surface area contributed by atoms with E-state index < -0.39 is 34.2 Å². The standard InChI is InChI=1S/C23H15ClF3N3O4S/c1-29(2)20(31)16-10-15-19(35-16)18(11-6-8-12(9-7-11)22(33)34)28-30(15)21(32)17-13(23(25,26)27)4-3-5-14(17)24/h3-10H,1-2H3,(H,33,34). The molecule has 0 saturated carbocycles. The molecule has 4 aromatic rings. The molecule has 7 nitrogen and oxygen atoms in total. The Morgan fingerprint density at radius 1 is 1.09 bits per heavy atom. The maximum absolute atomic E-state index is 13.7. The summed E-state index contributed by atoms with van der Waals surface area (Å²) in [6.45, 7) is 0. The summed E-state index contributed by atoms with van der Waals surface area (Å²) in [6, 6.07) is 9.98. The summed E-state index contributed by atoms with van der Waals surface area (Å²) in [5.41, 5.74) is -1.24. The minimum Gasteiger partial charge on any atom is -0.478 e. The number of carboxylic acids is 1. The van der Waals surface area contributed by atoms with E-state index in [1.54, 1.807) is 0 Å². The fourth-order valence-electron chi connectivity index (χ4n) is 3.43. The third-order valence-electron chi connectivity index (χ3n) is 5.10. The van der Waals surface area contributed by atoms with Crippen molar-refractivity contribution >= 4 is 50.9 Å². The lowest BCUT2D eigenvalue weighted by atomic mass is 10.1. The van der Waals surface area contributed by atoms with Gasteiger partial charge in [0, 0.05) is 19.7 Å². The smallest absolute Gasteiger partial charge is 0.417 e. The van der Waals surface area contributed by atoms with Gasteiger partial charge >= 0.3 is 12.1 Å². The Hall–Kier alpha value is -3.70. The van der Waals surface area contributed by atoms with Crippen LogP contribution < -0.4 is 0 Å². The highest BCUT2D eigenvalue weighted by Crippen LogP contribution is 2.39. The second-order valence-corrected chi connectivity index (χ2v) is 9.09. The van der Waals surface area contributed by atoms with Gasteiger partial charge in [0.1, 0.15) is 5.69 Å². The van der Waals surface area contributed by atoms with Crippen molar-refractivity contribution in [1.82, 2.24) is 14.7 Å². The number of nitrogens with zero attached hydrogens (tertiary/aromatic N) is 3. The summed E-state index contributed by atoms with van der Waals surface area (Å²) in [5, 5.41) is 13.0. The second kappa shape index (κ2) is 8.82. The van der Waals surface area contributed by atoms with Crippen LogP contribution in [0.1, 0.15) is 36.0 Å². The number of fused-ring (bicyclic) bond motifs is 1. The lowest BCUT2D eigenvalue weighted by molar-refractivity contribution is -0.137. The average molecular weight is 522 g/mol. The number of carbonyl (C=O) groups is 3. The Morgan fingerprint density at radius 2 is 1.74 bits per heavy atom. The number of hydrogen-bond acceptors (Lipinski definition) is 5. The van der Waals surface area contributed by atoms with Crippen LogP contribution in [0.4, 0.5) is 13.2 Å². The molecular formula is C23H15ClF3N3O4S. The molecule has 12 heteroatoms. The minimum atomic E-state index is -4.85. The monoisotopic (exact) mass is 521 g/mol. The van der Waals surface area contributed by atoms with E-state index in [4.69, 9.17) is 16.7 Å². The van der Waals surface area contributed by atoms with Crippen molar-refractivity contribution in [2.75, 3.05) is 14.1 Å². The molecule has 0 aliphatic heterocycles. The molecule has 0 bridgehead atoms. The van der Waals surface area contributed by atoms with E-state index in [1.807, 2.05) is 0 Å². The van der Waals surface area contributed by atoms with E-state index in [-0.39, 0.29) is 27.6 Å². The third-order valence-corrected chi connectivity index (χ3v) is 6.54. The predicted molar refractivity (Wildman–Crippen MR) is 124 cm³/mol. The first kappa shape index (κ1) is 24.4. The van der Waals surface area contributed by atoms with Gasteiger partial charge in [0.05, 0.1) is 36.8 Å². The summed E-state index contributed by atoms with van der Waals surface area (Å²) in [7, 11) is 3.07. The summed E-state index contributed by atoms with van der Waals surface area (Å²) in [5.74, 6) is -2.63. The molecule has 0 atom stereocenters. The Bertz CT molecular complexity index is 1490. The molecule has 2 aromatic carbocycles. The molecule has 0 unspecified atom stereocenters. The molecule has 180 valence electrons. The van der Waals surface area contributed by atoms with Gasteiger partial charge in [0.25, 0.3) is 11.8 Å². The molecule has 2 heterocycles. The van der Waals surface area contributed by atoms with Crippen LogP contribution in [0, 0.1) is 0 Å². The number of amides is 1. The van der Waals surface area contributed by atoms with Crippen molar-refractivity contribution in [1.29, 1.82) is 0 Å². The molecular weight excluding hydrogens is 507 g/mol. The van der Waals surface area contributed by atoms with Crippen molar-refractivity contribution in [2.45, 2.75) is 6.18 Å². The van der Waals surface area contributed by atoms with Crippen molar-refractivity contribution < 1.29 is 32.7 Å². The van der Waals surface area contributed by atoms with Gasteiger partial charge < -0.3 is 10.0 Å². The topological polar surface area (TPSA) is 92.5 Å². The lowest BCUT2D eigenvalue weighted by Gasteiger charge is -2.13. The van der Waals surface area contributed by atoms with Gasteiger partial charge in [0.15, 0.2) is 0 Å². The van der Waals surface area contributed by atoms with E-state index in [9.17, 15) is 27.6 Å². The molecule has 0 fully saturated rings. The highest BCUT2D eigenvalue weighted by molar-refractivity contribution is 7.21. The molecule has 35 heavy (non-hydrogen) atoms. The molecule has 0 aliphatic carbocycles. The third kappa shape index (κ3) is 4.40. The molecule has 2 aromatic heterocycles. The number of thiophene rings is 1. The number of alkyl halides is 3. The van der Waals surface area contributed by atoms with Crippen LogP contribution in [0.15, 0.2) is 48.5 Å². The van der Waals surface area contributed by atoms with Crippen molar-refractivity contribution in [2.24, 2.45) is 0 Å². The normalized spacial score (nSPS) is 11.6. The van der Waals surface area contributed by atoms with Crippen LogP contribution in [0.25, 0.3) is 21.5 Å². The Labute approximate surface area is 205 Å². The Morgan fingerprint density at radius 3 is 2.31 bits per heavy atom. The fourth-order valence-corrected chi connectivity index (χ4v) is 4.85. The van der Waals surface area contributed by atoms with Crippen LogP contribution in [0.2, 0.25) is 5.02 Å². The first-order valence-corrected chi connectivity index (χ1v) is 11.1. The number of benzene rings is 2. The number of carboxylic acid groups (broad SMARTS) is 1. The molecule has 0 radical (unpaired) electrons. The van der Waals surface area contributed by atoms with Gasteiger partial charge in [-0.15, -0.1) is 11.3 Å². The van der Waals surface area contributed by atoms with E-state index in [2.05, 4.69) is 5.10 Å². The number of hydrogen-bond donors (Lipinski definition) is 1. The number of carbonyl (C=O) groups excluding carboxylic acids is 2. The highest BCUT2D eigenvalue weighted by Gasteiger charge is 2.37. The molecule has 1 amide bonds. The first-order valence-electron chi connectivity index (χ1n) is 9.88. The summed E-state index contributed by atoms with van der Waals surface area (Å²) >= 11 is 7.04. The lowest BCUT2D eigenvalue weighted by Crippen LogP contribution is -2.21. The summed E-state index contributed by atoms with van der Waals surface area (Å²) in [4.78, 5) is 38.7. The molecule has 0 saturated heterocycles. The second-order valence-electron chi connectivity index (χ2n) is 7.63. The van der Waals surface area contributed by atoms with Crippen LogP contribution in [0.3, 0.4) is 0 Å². The minimum absolute atomic E-state index is 0.0149. The van der Waals surface area contributed by atoms with E-state index >= 15 is 0 Å². The number of aromatic nitrogens is 2. The van der Waals surface area contributed by atoms with E-state index in [0.29, 0.717) is 10.3 Å². The van der Waals surface area contributed by atoms with E-state index in [1.165, 1.54) is 55.4 Å². The number of aromatic carboxylic acids is 1. The van der Waals surface area contributed by atoms with Gasteiger partial charge in [-0.25, -0.2) is 4.79 Å². The zero-order valence-corrected chi connectivity index (χ0v) is 19.6. The average Bonchev–Trinajstić information content (AvgIpc) is 3.37. The summed E-state index contributed by atoms with van der Waals surface area (Å²) < 4.78 is 42.1. The van der Waals surface area contributed by atoms with Crippen molar-refractivity contribution in [3.8, 4) is 11.3 Å². The maximum Gasteiger partial charge on any atom is 0.417 e. The zero-order chi connectivity index (χ0) is 25.7. The van der Waals surface area contributed by atoms with Gasteiger partial charge in [-0.2, -0.15) is 23.0 Å². The predicted octanol–water partition coefficient (Wildman–Crippen LogP) is 5.53. The largest absolute Gasteiger partial charge is 0.478 e. The summed E-state index contributed by atoms with van der Waals surface area (Å²) in [6.07, 6.45) is -4.85. The SMILES string of the molecule is CN(C)C(=O)c1cc2c(s1)c(-c1ccc(C(=O)O)cc1)nn2C(=O)c1c(Cl)cccc1C(F)(F)F. The number of rotatable bonds is 4. The highest BCUT2D eigenvalue weighted by atomic mass is 35.5. The maximum atomic E-state index is 13.7. The van der Waals surface area contributed by atoms with Gasteiger partial charge in [-0.05, 0) is 30.3 Å². The van der Waals surface area contributed by atoms with Gasteiger partial charge in [-0.3, -0.25) is 9.59 Å². The zero-order valence-electron chi connectivity index (χ0n) is 18.1. The quantitative estimate of drug-likeness (QED) is 0.381. The Kier molecular flexibility index (Phi) is 6.16. The van der Waals surface area contributed by atoms with Crippen LogP contribution in [-0.4, -0.2) is 51.7 Å². The molecule has 4 rings (SSSR count). The molecule has 0 spiro atoms. The van der Waals surface area contributed by atoms with Gasteiger partial charge in [-0.1, -0.05) is 29.8 Å². The van der Waals surface area contributed by atoms with Crippen LogP contribution in [-0.2, 0) is 6.18 Å². The molecule has 0 aliphatic rings. The molecule has 1 N–H and O–H groups in total.